The summed E-state index contributed by atoms with van der Waals surface area (Å²) < 4.78 is 14.1. The summed E-state index contributed by atoms with van der Waals surface area (Å²) in [5.41, 5.74) is 1.12. The van der Waals surface area contributed by atoms with Gasteiger partial charge < -0.3 is 4.57 Å². The van der Waals surface area contributed by atoms with Crippen molar-refractivity contribution in [1.29, 1.82) is 0 Å². The van der Waals surface area contributed by atoms with Crippen molar-refractivity contribution >= 4 is 11.2 Å². The zero-order valence-corrected chi connectivity index (χ0v) is 5.82. The fourth-order valence-electron chi connectivity index (χ4n) is 0.902. The van der Waals surface area contributed by atoms with Gasteiger partial charge in [-0.25, -0.2) is 4.98 Å². The van der Waals surface area contributed by atoms with E-state index < -0.39 is 5.95 Å². The number of halogens is 1. The van der Waals surface area contributed by atoms with Gasteiger partial charge in [0.15, 0.2) is 5.65 Å². The molecule has 0 aromatic carbocycles. The smallest absolute Gasteiger partial charge is 0.235 e. The van der Waals surface area contributed by atoms with Crippen LogP contribution in [0.2, 0.25) is 0 Å². The van der Waals surface area contributed by atoms with E-state index in [0.717, 1.165) is 0 Å². The van der Waals surface area contributed by atoms with E-state index >= 15 is 0 Å². The standard InChI is InChI=1S/C6H5FN4/c1-11-3-8-4-2-5(7)9-10-6(4)11/h2-3H,1H3. The third-order valence-electron chi connectivity index (χ3n) is 1.43. The minimum atomic E-state index is -0.601. The number of fused-ring (bicyclic) bond motifs is 1. The highest BCUT2D eigenvalue weighted by atomic mass is 19.1. The lowest BCUT2D eigenvalue weighted by Gasteiger charge is -1.89. The molecule has 0 spiro atoms. The number of hydrogen-bond donors (Lipinski definition) is 0. The van der Waals surface area contributed by atoms with E-state index in [0.29, 0.717) is 11.2 Å². The van der Waals surface area contributed by atoms with Crippen LogP contribution in [-0.4, -0.2) is 19.7 Å². The summed E-state index contributed by atoms with van der Waals surface area (Å²) in [4.78, 5) is 3.90. The molecule has 2 heterocycles. The Kier molecular flexibility index (Phi) is 1.12. The molecule has 5 heteroatoms. The predicted molar refractivity (Wildman–Crippen MR) is 36.3 cm³/mol. The third-order valence-corrected chi connectivity index (χ3v) is 1.43. The maximum Gasteiger partial charge on any atom is 0.235 e. The number of rotatable bonds is 0. The summed E-state index contributed by atoms with van der Waals surface area (Å²) in [5.74, 6) is -0.601. The lowest BCUT2D eigenvalue weighted by molar-refractivity contribution is 0.566. The Hall–Kier alpha value is -1.52. The fourth-order valence-corrected chi connectivity index (χ4v) is 0.902. The molecule has 2 aromatic rings. The van der Waals surface area contributed by atoms with Crippen LogP contribution in [0.1, 0.15) is 0 Å². The van der Waals surface area contributed by atoms with E-state index in [1.54, 1.807) is 17.9 Å². The molecule has 0 saturated carbocycles. The van der Waals surface area contributed by atoms with Crippen LogP contribution in [0.15, 0.2) is 12.4 Å². The Morgan fingerprint density at radius 3 is 3.09 bits per heavy atom. The van der Waals surface area contributed by atoms with E-state index in [9.17, 15) is 4.39 Å². The second-order valence-corrected chi connectivity index (χ2v) is 2.23. The zero-order valence-electron chi connectivity index (χ0n) is 5.82. The highest BCUT2D eigenvalue weighted by Gasteiger charge is 2.01. The molecule has 0 fully saturated rings. The zero-order chi connectivity index (χ0) is 7.84. The van der Waals surface area contributed by atoms with Crippen molar-refractivity contribution in [3.8, 4) is 0 Å². The molecule has 0 radical (unpaired) electrons. The van der Waals surface area contributed by atoms with Crippen LogP contribution in [-0.2, 0) is 7.05 Å². The lowest BCUT2D eigenvalue weighted by Crippen LogP contribution is -1.92. The summed E-state index contributed by atoms with van der Waals surface area (Å²) in [6, 6.07) is 1.25. The van der Waals surface area contributed by atoms with Gasteiger partial charge in [-0.1, -0.05) is 0 Å². The summed E-state index contributed by atoms with van der Waals surface area (Å²) in [6.07, 6.45) is 1.57. The molecule has 0 aliphatic carbocycles. The summed E-state index contributed by atoms with van der Waals surface area (Å²) in [6.45, 7) is 0. The van der Waals surface area contributed by atoms with Gasteiger partial charge in [0, 0.05) is 13.1 Å². The van der Waals surface area contributed by atoms with Crippen LogP contribution >= 0.6 is 0 Å². The Bertz CT molecular complexity index is 394. The minimum absolute atomic E-state index is 0.528. The second-order valence-electron chi connectivity index (χ2n) is 2.23. The predicted octanol–water partition coefficient (Wildman–Crippen LogP) is 0.502. The highest BCUT2D eigenvalue weighted by molar-refractivity contribution is 5.69. The molecule has 11 heavy (non-hydrogen) atoms. The molecule has 0 aliphatic rings. The van der Waals surface area contributed by atoms with Crippen molar-refractivity contribution < 1.29 is 4.39 Å². The lowest BCUT2D eigenvalue weighted by atomic mass is 10.5. The van der Waals surface area contributed by atoms with E-state index in [2.05, 4.69) is 15.2 Å². The number of hydrogen-bond acceptors (Lipinski definition) is 3. The van der Waals surface area contributed by atoms with Crippen LogP contribution < -0.4 is 0 Å². The van der Waals surface area contributed by atoms with Gasteiger partial charge in [0.1, 0.15) is 5.52 Å². The SMILES string of the molecule is Cn1cnc2cc(F)nnc21. The van der Waals surface area contributed by atoms with Crippen molar-refractivity contribution in [3.63, 3.8) is 0 Å². The van der Waals surface area contributed by atoms with E-state index in [4.69, 9.17) is 0 Å². The van der Waals surface area contributed by atoms with Crippen molar-refractivity contribution in [2.24, 2.45) is 7.05 Å². The number of aryl methyl sites for hydroxylation is 1. The maximum atomic E-state index is 12.4. The van der Waals surface area contributed by atoms with Gasteiger partial charge in [-0.3, -0.25) is 0 Å². The number of nitrogens with zero attached hydrogens (tertiary/aromatic N) is 4. The first kappa shape index (κ1) is 6.21. The van der Waals surface area contributed by atoms with Crippen LogP contribution in [0.5, 0.6) is 0 Å². The van der Waals surface area contributed by atoms with Gasteiger partial charge in [-0.15, -0.1) is 10.2 Å². The van der Waals surface area contributed by atoms with Gasteiger partial charge in [0.2, 0.25) is 5.95 Å². The normalized spacial score (nSPS) is 10.7. The average molecular weight is 152 g/mol. The van der Waals surface area contributed by atoms with E-state index in [-0.39, 0.29) is 0 Å². The summed E-state index contributed by atoms with van der Waals surface area (Å²) in [5, 5.41) is 6.88. The Balaban J connectivity index is 2.86. The van der Waals surface area contributed by atoms with E-state index in [1.807, 2.05) is 0 Å². The van der Waals surface area contributed by atoms with Gasteiger partial charge in [-0.05, 0) is 0 Å². The molecule has 0 amide bonds. The maximum absolute atomic E-state index is 12.4. The molecule has 2 aromatic heterocycles. The highest BCUT2D eigenvalue weighted by Crippen LogP contribution is 2.06. The van der Waals surface area contributed by atoms with Crippen LogP contribution in [0.4, 0.5) is 4.39 Å². The molecule has 0 aliphatic heterocycles. The molecule has 0 bridgehead atoms. The van der Waals surface area contributed by atoms with E-state index in [1.165, 1.54) is 6.07 Å². The Labute approximate surface area is 61.7 Å². The van der Waals surface area contributed by atoms with Gasteiger partial charge >= 0.3 is 0 Å². The first-order chi connectivity index (χ1) is 5.27. The topological polar surface area (TPSA) is 43.6 Å². The minimum Gasteiger partial charge on any atom is -0.317 e. The van der Waals surface area contributed by atoms with Gasteiger partial charge in [0.05, 0.1) is 6.33 Å². The summed E-state index contributed by atoms with van der Waals surface area (Å²) in [7, 11) is 1.78. The molecule has 0 atom stereocenters. The van der Waals surface area contributed by atoms with Gasteiger partial charge in [0.25, 0.3) is 0 Å². The third kappa shape index (κ3) is 0.849. The molecule has 0 saturated heterocycles. The molecular weight excluding hydrogens is 147 g/mol. The van der Waals surface area contributed by atoms with Crippen LogP contribution in [0.25, 0.3) is 11.2 Å². The number of aromatic nitrogens is 4. The van der Waals surface area contributed by atoms with Crippen LogP contribution in [0, 0.1) is 5.95 Å². The molecule has 0 N–H and O–H groups in total. The van der Waals surface area contributed by atoms with Crippen molar-refractivity contribution in [1.82, 2.24) is 19.7 Å². The number of imidazole rings is 1. The average Bonchev–Trinajstić information content (AvgIpc) is 2.32. The molecule has 2 rings (SSSR count). The van der Waals surface area contributed by atoms with Crippen LogP contribution in [0.3, 0.4) is 0 Å². The fraction of sp³-hybridized carbons (Fsp3) is 0.167. The Morgan fingerprint density at radius 2 is 2.27 bits per heavy atom. The largest absolute Gasteiger partial charge is 0.317 e. The monoisotopic (exact) mass is 152 g/mol. The Morgan fingerprint density at radius 1 is 1.45 bits per heavy atom. The molecule has 4 nitrogen and oxygen atoms in total. The second kappa shape index (κ2) is 1.98. The molecule has 56 valence electrons. The molecule has 0 unspecified atom stereocenters. The van der Waals surface area contributed by atoms with Gasteiger partial charge in [-0.2, -0.15) is 4.39 Å². The van der Waals surface area contributed by atoms with Crippen molar-refractivity contribution in [2.45, 2.75) is 0 Å². The van der Waals surface area contributed by atoms with Crippen molar-refractivity contribution in [3.05, 3.63) is 18.3 Å². The first-order valence-electron chi connectivity index (χ1n) is 3.07. The summed E-state index contributed by atoms with van der Waals surface area (Å²) >= 11 is 0. The quantitative estimate of drug-likeness (QED) is 0.552. The molecular formula is C6H5FN4. The first-order valence-corrected chi connectivity index (χ1v) is 3.07. The van der Waals surface area contributed by atoms with Crippen molar-refractivity contribution in [2.75, 3.05) is 0 Å².